The van der Waals surface area contributed by atoms with Crippen LogP contribution in [-0.2, 0) is 19.1 Å². The van der Waals surface area contributed by atoms with Crippen LogP contribution in [0.25, 0.3) is 32.3 Å². The van der Waals surface area contributed by atoms with Gasteiger partial charge in [-0.15, -0.1) is 0 Å². The van der Waals surface area contributed by atoms with E-state index < -0.39 is 11.9 Å². The van der Waals surface area contributed by atoms with Gasteiger partial charge in [0.25, 0.3) is 0 Å². The number of rotatable bonds is 36. The van der Waals surface area contributed by atoms with Gasteiger partial charge in [0.15, 0.2) is 34.5 Å². The van der Waals surface area contributed by atoms with Crippen LogP contribution in [0.5, 0.6) is 34.5 Å². The average molecular weight is 913 g/mol. The zero-order chi connectivity index (χ0) is 47.5. The lowest BCUT2D eigenvalue weighted by Gasteiger charge is -2.21. The fourth-order valence-electron chi connectivity index (χ4n) is 7.60. The monoisotopic (exact) mass is 913 g/mol. The van der Waals surface area contributed by atoms with E-state index in [-0.39, 0.29) is 13.2 Å². The Morgan fingerprint density at radius 1 is 0.333 bits per heavy atom. The quantitative estimate of drug-likeness (QED) is 0.0189. The molecule has 0 amide bonds. The SMILES string of the molecule is C=C(C)C(=O)OCCCOc1cc2c(cc1OCCCCCC)c1cc(OCCCCCC)c(OCCCCCC)cc1c1cc(OCCCCCC)c(OCCCOC(=O)C(=C)C)cc12. The summed E-state index contributed by atoms with van der Waals surface area (Å²) in [6, 6.07) is 12.6. The Balaban J connectivity index is 1.94. The van der Waals surface area contributed by atoms with Crippen molar-refractivity contribution in [1.29, 1.82) is 0 Å². The maximum atomic E-state index is 12.1. The molecule has 0 radical (unpaired) electrons. The lowest BCUT2D eigenvalue weighted by molar-refractivity contribution is -0.140. The van der Waals surface area contributed by atoms with E-state index in [4.69, 9.17) is 37.9 Å². The van der Waals surface area contributed by atoms with Crippen molar-refractivity contribution >= 4 is 44.3 Å². The zero-order valence-corrected chi connectivity index (χ0v) is 41.3. The Hall–Kier alpha value is -5.12. The molecule has 0 atom stereocenters. The number of carbonyl (C=O) groups is 2. The van der Waals surface area contributed by atoms with Crippen LogP contribution in [0, 0.1) is 0 Å². The van der Waals surface area contributed by atoms with Crippen molar-refractivity contribution in [1.82, 2.24) is 0 Å². The molecule has 0 unspecified atom stereocenters. The first-order valence-corrected chi connectivity index (χ1v) is 25.1. The third kappa shape index (κ3) is 17.3. The first-order valence-electron chi connectivity index (χ1n) is 25.1. The second kappa shape index (κ2) is 30.2. The van der Waals surface area contributed by atoms with E-state index in [9.17, 15) is 9.59 Å². The Bertz CT molecular complexity index is 1990. The fraction of sp³-hybridized carbons (Fsp3) is 0.571. The summed E-state index contributed by atoms with van der Waals surface area (Å²) in [5.74, 6) is 3.10. The van der Waals surface area contributed by atoms with Crippen LogP contribution < -0.4 is 28.4 Å². The lowest BCUT2D eigenvalue weighted by atomic mass is 9.93. The largest absolute Gasteiger partial charge is 0.490 e. The van der Waals surface area contributed by atoms with Crippen molar-refractivity contribution in [2.75, 3.05) is 52.9 Å². The highest BCUT2D eigenvalue weighted by atomic mass is 16.5. The molecular weight excluding hydrogens is 833 g/mol. The first kappa shape index (κ1) is 53.5. The van der Waals surface area contributed by atoms with Crippen molar-refractivity contribution in [3.63, 3.8) is 0 Å². The van der Waals surface area contributed by atoms with Crippen LogP contribution in [0.1, 0.15) is 157 Å². The van der Waals surface area contributed by atoms with Gasteiger partial charge in [-0.2, -0.15) is 0 Å². The predicted molar refractivity (Wildman–Crippen MR) is 269 cm³/mol. The lowest BCUT2D eigenvalue weighted by Crippen LogP contribution is -2.10. The van der Waals surface area contributed by atoms with Gasteiger partial charge in [0.05, 0.1) is 52.9 Å². The number of ether oxygens (including phenoxy) is 8. The Morgan fingerprint density at radius 3 is 0.742 bits per heavy atom. The van der Waals surface area contributed by atoms with Crippen LogP contribution >= 0.6 is 0 Å². The highest BCUT2D eigenvalue weighted by Crippen LogP contribution is 2.47. The number of benzene rings is 4. The number of esters is 2. The molecule has 4 aromatic rings. The average Bonchev–Trinajstić information content (AvgIpc) is 3.31. The van der Waals surface area contributed by atoms with Crippen LogP contribution in [0.3, 0.4) is 0 Å². The molecule has 4 aromatic carbocycles. The van der Waals surface area contributed by atoms with E-state index in [0.29, 0.717) is 86.6 Å². The normalized spacial score (nSPS) is 11.2. The predicted octanol–water partition coefficient (Wildman–Crippen LogP) is 14.8. The van der Waals surface area contributed by atoms with E-state index in [1.165, 1.54) is 12.8 Å². The molecule has 0 saturated heterocycles. The molecule has 0 aliphatic rings. The Kier molecular flexibility index (Phi) is 24.5. The molecule has 10 nitrogen and oxygen atoms in total. The van der Waals surface area contributed by atoms with Crippen molar-refractivity contribution in [2.45, 2.75) is 157 Å². The molecule has 0 saturated carbocycles. The Labute approximate surface area is 395 Å². The summed E-state index contributed by atoms with van der Waals surface area (Å²) in [6.45, 7) is 22.8. The highest BCUT2D eigenvalue weighted by Gasteiger charge is 2.21. The van der Waals surface area contributed by atoms with E-state index in [2.05, 4.69) is 77.3 Å². The minimum absolute atomic E-state index is 0.207. The van der Waals surface area contributed by atoms with E-state index in [0.717, 1.165) is 134 Å². The molecule has 0 aromatic heterocycles. The molecule has 4 rings (SSSR count). The topological polar surface area (TPSA) is 108 Å². The van der Waals surface area contributed by atoms with E-state index in [1.54, 1.807) is 13.8 Å². The molecular formula is C56H80O10. The molecule has 0 spiro atoms. The first-order chi connectivity index (χ1) is 32.1. The second-order valence-corrected chi connectivity index (χ2v) is 17.4. The molecule has 66 heavy (non-hydrogen) atoms. The van der Waals surface area contributed by atoms with Crippen LogP contribution in [0.4, 0.5) is 0 Å². The molecule has 0 aliphatic heterocycles. The van der Waals surface area contributed by atoms with Crippen LogP contribution in [0.2, 0.25) is 0 Å². The van der Waals surface area contributed by atoms with Crippen LogP contribution in [-0.4, -0.2) is 64.8 Å². The van der Waals surface area contributed by atoms with Gasteiger partial charge in [0.2, 0.25) is 0 Å². The maximum absolute atomic E-state index is 12.1. The van der Waals surface area contributed by atoms with Crippen molar-refractivity contribution in [3.8, 4) is 34.5 Å². The second-order valence-electron chi connectivity index (χ2n) is 17.4. The van der Waals surface area contributed by atoms with Crippen molar-refractivity contribution in [2.24, 2.45) is 0 Å². The van der Waals surface area contributed by atoms with Crippen molar-refractivity contribution < 1.29 is 47.5 Å². The fourth-order valence-corrected chi connectivity index (χ4v) is 7.60. The number of unbranched alkanes of at least 4 members (excludes halogenated alkanes) is 12. The smallest absolute Gasteiger partial charge is 0.333 e. The summed E-state index contributed by atoms with van der Waals surface area (Å²) in [5, 5.41) is 5.82. The number of hydrogen-bond acceptors (Lipinski definition) is 10. The summed E-state index contributed by atoms with van der Waals surface area (Å²) in [5.41, 5.74) is 0.720. The third-order valence-corrected chi connectivity index (χ3v) is 11.4. The summed E-state index contributed by atoms with van der Waals surface area (Å²) in [6.07, 6.45) is 18.3. The molecule has 0 fully saturated rings. The van der Waals surface area contributed by atoms with Gasteiger partial charge in [-0.3, -0.25) is 0 Å². The van der Waals surface area contributed by atoms with Gasteiger partial charge < -0.3 is 37.9 Å². The van der Waals surface area contributed by atoms with E-state index >= 15 is 0 Å². The molecule has 0 aliphatic carbocycles. The minimum atomic E-state index is -0.417. The number of fused-ring (bicyclic) bond motifs is 6. The summed E-state index contributed by atoms with van der Waals surface area (Å²) in [7, 11) is 0. The number of hydrogen-bond donors (Lipinski definition) is 0. The minimum Gasteiger partial charge on any atom is -0.490 e. The van der Waals surface area contributed by atoms with Gasteiger partial charge >= 0.3 is 11.9 Å². The zero-order valence-electron chi connectivity index (χ0n) is 41.3. The molecule has 0 bridgehead atoms. The van der Waals surface area contributed by atoms with Gasteiger partial charge in [-0.1, -0.05) is 118 Å². The van der Waals surface area contributed by atoms with Crippen LogP contribution in [0.15, 0.2) is 60.7 Å². The van der Waals surface area contributed by atoms with Gasteiger partial charge in [0, 0.05) is 24.0 Å². The van der Waals surface area contributed by atoms with E-state index in [1.807, 2.05) is 0 Å². The molecule has 0 heterocycles. The molecule has 10 heteroatoms. The Morgan fingerprint density at radius 2 is 0.545 bits per heavy atom. The summed E-state index contributed by atoms with van der Waals surface area (Å²) in [4.78, 5) is 24.2. The molecule has 364 valence electrons. The summed E-state index contributed by atoms with van der Waals surface area (Å²) < 4.78 is 50.1. The van der Waals surface area contributed by atoms with Gasteiger partial charge in [-0.05, 0) is 108 Å². The van der Waals surface area contributed by atoms with Crippen molar-refractivity contribution in [3.05, 3.63) is 60.7 Å². The maximum Gasteiger partial charge on any atom is 0.333 e. The summed E-state index contributed by atoms with van der Waals surface area (Å²) >= 11 is 0. The third-order valence-electron chi connectivity index (χ3n) is 11.4. The molecule has 0 N–H and O–H groups in total. The van der Waals surface area contributed by atoms with Gasteiger partial charge in [0.1, 0.15) is 0 Å². The number of carbonyl (C=O) groups excluding carboxylic acids is 2. The standard InChI is InChI=1S/C56H80O10/c1-9-13-17-21-27-59-49-35-43-44(36-50(49)60-28-22-18-14-10-2)46-38-52(62-30-24-20-16-12-4)54(64-32-26-34-66-56(58)42(7)8)40-48(46)47-39-53(63-31-25-33-65-55(57)41(5)6)51(37-45(43)47)61-29-23-19-15-11-3/h35-40H,5,7,9-34H2,1-4,6,8H3. The van der Waals surface area contributed by atoms with Gasteiger partial charge in [-0.25, -0.2) is 9.59 Å². The highest BCUT2D eigenvalue weighted by molar-refractivity contribution is 6.26.